The monoisotopic (exact) mass is 236 g/mol. The number of aromatic nitrogens is 1. The van der Waals surface area contributed by atoms with Crippen LogP contribution in [-0.4, -0.2) is 11.5 Å². The third kappa shape index (κ3) is 2.46. The molecule has 2 aromatic rings. The molecule has 0 aliphatic heterocycles. The number of nitrogens with zero attached hydrogens (tertiary/aromatic N) is 1. The van der Waals surface area contributed by atoms with Crippen molar-refractivity contribution in [2.24, 2.45) is 0 Å². The molecule has 0 amide bonds. The van der Waals surface area contributed by atoms with Gasteiger partial charge in [-0.15, -0.1) is 11.3 Å². The summed E-state index contributed by atoms with van der Waals surface area (Å²) in [7, 11) is 0. The van der Waals surface area contributed by atoms with Crippen molar-refractivity contribution in [2.75, 3.05) is 6.54 Å². The zero-order valence-corrected chi connectivity index (χ0v) is 9.80. The van der Waals surface area contributed by atoms with Crippen LogP contribution >= 0.6 is 11.3 Å². The van der Waals surface area contributed by atoms with Crippen LogP contribution in [-0.2, 0) is 0 Å². The first kappa shape index (κ1) is 11.2. The zero-order valence-electron chi connectivity index (χ0n) is 8.98. The van der Waals surface area contributed by atoms with Crippen LogP contribution in [0.25, 0.3) is 0 Å². The highest BCUT2D eigenvalue weighted by atomic mass is 32.1. The first-order valence-electron chi connectivity index (χ1n) is 5.19. The largest absolute Gasteiger partial charge is 0.305 e. The van der Waals surface area contributed by atoms with Gasteiger partial charge >= 0.3 is 0 Å². The van der Waals surface area contributed by atoms with Crippen LogP contribution in [0.3, 0.4) is 0 Å². The second-order valence-electron chi connectivity index (χ2n) is 3.41. The van der Waals surface area contributed by atoms with E-state index in [2.05, 4.69) is 16.4 Å². The minimum absolute atomic E-state index is 0.0607. The average Bonchev–Trinajstić information content (AvgIpc) is 2.81. The molecule has 1 unspecified atom stereocenters. The van der Waals surface area contributed by atoms with Crippen molar-refractivity contribution in [3.63, 3.8) is 0 Å². The van der Waals surface area contributed by atoms with E-state index in [4.69, 9.17) is 0 Å². The first-order valence-corrected chi connectivity index (χ1v) is 6.07. The summed E-state index contributed by atoms with van der Waals surface area (Å²) in [6, 6.07) is 7.30. The van der Waals surface area contributed by atoms with E-state index in [0.717, 1.165) is 12.2 Å². The third-order valence-electron chi connectivity index (χ3n) is 2.28. The molecule has 0 saturated heterocycles. The Morgan fingerprint density at radius 2 is 2.31 bits per heavy atom. The Morgan fingerprint density at radius 3 is 2.88 bits per heavy atom. The number of thiophene rings is 1. The van der Waals surface area contributed by atoms with Crippen LogP contribution in [0.4, 0.5) is 4.39 Å². The topological polar surface area (TPSA) is 24.9 Å². The molecule has 16 heavy (non-hydrogen) atoms. The van der Waals surface area contributed by atoms with Gasteiger partial charge in [0.25, 0.3) is 0 Å². The molecule has 0 aromatic carbocycles. The lowest BCUT2D eigenvalue weighted by atomic mass is 10.1. The van der Waals surface area contributed by atoms with Crippen molar-refractivity contribution < 1.29 is 4.39 Å². The van der Waals surface area contributed by atoms with Crippen LogP contribution in [0.15, 0.2) is 35.8 Å². The van der Waals surface area contributed by atoms with Gasteiger partial charge in [0.05, 0.1) is 17.9 Å². The zero-order chi connectivity index (χ0) is 11.4. The van der Waals surface area contributed by atoms with Gasteiger partial charge in [-0.1, -0.05) is 13.0 Å². The van der Waals surface area contributed by atoms with Gasteiger partial charge in [0.2, 0.25) is 0 Å². The van der Waals surface area contributed by atoms with Gasteiger partial charge < -0.3 is 5.32 Å². The number of hydrogen-bond acceptors (Lipinski definition) is 3. The number of hydrogen-bond donors (Lipinski definition) is 1. The average molecular weight is 236 g/mol. The molecule has 4 heteroatoms. The maximum Gasteiger partial charge on any atom is 0.141 e. The predicted molar refractivity (Wildman–Crippen MR) is 64.0 cm³/mol. The number of nitrogens with one attached hydrogen (secondary N) is 1. The van der Waals surface area contributed by atoms with E-state index >= 15 is 0 Å². The van der Waals surface area contributed by atoms with Gasteiger partial charge in [-0.25, -0.2) is 4.39 Å². The van der Waals surface area contributed by atoms with E-state index < -0.39 is 0 Å². The molecule has 0 saturated carbocycles. The van der Waals surface area contributed by atoms with Gasteiger partial charge in [-0.05, 0) is 30.1 Å². The lowest BCUT2D eigenvalue weighted by molar-refractivity contribution is 0.599. The fourth-order valence-electron chi connectivity index (χ4n) is 1.57. The summed E-state index contributed by atoms with van der Waals surface area (Å²) in [5, 5.41) is 5.38. The SMILES string of the molecule is CCNC(c1ccc(F)cn1)c1cccs1. The molecule has 2 aromatic heterocycles. The van der Waals surface area contributed by atoms with Gasteiger partial charge in [-0.3, -0.25) is 4.98 Å². The summed E-state index contributed by atoms with van der Waals surface area (Å²) < 4.78 is 12.8. The summed E-state index contributed by atoms with van der Waals surface area (Å²) in [6.45, 7) is 2.89. The molecule has 1 atom stereocenters. The predicted octanol–water partition coefficient (Wildman–Crippen LogP) is 2.98. The normalized spacial score (nSPS) is 12.6. The van der Waals surface area contributed by atoms with E-state index in [0.29, 0.717) is 0 Å². The molecule has 0 spiro atoms. The maximum absolute atomic E-state index is 12.8. The quantitative estimate of drug-likeness (QED) is 0.882. The van der Waals surface area contributed by atoms with Crippen LogP contribution in [0.5, 0.6) is 0 Å². The van der Waals surface area contributed by atoms with E-state index in [9.17, 15) is 4.39 Å². The summed E-state index contributed by atoms with van der Waals surface area (Å²) in [4.78, 5) is 5.32. The van der Waals surface area contributed by atoms with Crippen LogP contribution in [0, 0.1) is 5.82 Å². The standard InChI is InChI=1S/C12H13FN2S/c1-2-14-12(11-4-3-7-16-11)10-6-5-9(13)8-15-10/h3-8,12,14H,2H2,1H3. The highest BCUT2D eigenvalue weighted by Crippen LogP contribution is 2.24. The number of pyridine rings is 1. The molecule has 2 heterocycles. The van der Waals surface area contributed by atoms with Crippen molar-refractivity contribution in [2.45, 2.75) is 13.0 Å². The fraction of sp³-hybridized carbons (Fsp3) is 0.250. The Kier molecular flexibility index (Phi) is 3.64. The smallest absolute Gasteiger partial charge is 0.141 e. The lowest BCUT2D eigenvalue weighted by Crippen LogP contribution is -2.22. The summed E-state index contributed by atoms with van der Waals surface area (Å²) in [5.41, 5.74) is 0.853. The molecule has 84 valence electrons. The molecule has 0 fully saturated rings. The highest BCUT2D eigenvalue weighted by molar-refractivity contribution is 7.10. The summed E-state index contributed by atoms with van der Waals surface area (Å²) in [5.74, 6) is -0.301. The second kappa shape index (κ2) is 5.18. The van der Waals surface area contributed by atoms with Gasteiger partial charge in [0, 0.05) is 4.88 Å². The van der Waals surface area contributed by atoms with Gasteiger partial charge in [0.15, 0.2) is 0 Å². The molecule has 2 rings (SSSR count). The Hall–Kier alpha value is -1.26. The fourth-order valence-corrected chi connectivity index (χ4v) is 2.38. The van der Waals surface area contributed by atoms with Crippen molar-refractivity contribution in [3.05, 3.63) is 52.2 Å². The summed E-state index contributed by atoms with van der Waals surface area (Å²) in [6.07, 6.45) is 1.26. The molecule has 0 bridgehead atoms. The molecule has 0 radical (unpaired) electrons. The lowest BCUT2D eigenvalue weighted by Gasteiger charge is -2.15. The number of halogens is 1. The van der Waals surface area contributed by atoms with E-state index in [-0.39, 0.29) is 11.9 Å². The molecular weight excluding hydrogens is 223 g/mol. The van der Waals surface area contributed by atoms with Gasteiger partial charge in [0.1, 0.15) is 5.82 Å². The molecule has 1 N–H and O–H groups in total. The Morgan fingerprint density at radius 1 is 1.44 bits per heavy atom. The molecule has 2 nitrogen and oxygen atoms in total. The second-order valence-corrected chi connectivity index (χ2v) is 4.39. The molecule has 0 aliphatic rings. The molecule has 0 aliphatic carbocycles. The molecular formula is C12H13FN2S. The van der Waals surface area contributed by atoms with Gasteiger partial charge in [-0.2, -0.15) is 0 Å². The van der Waals surface area contributed by atoms with E-state index in [1.54, 1.807) is 17.4 Å². The number of rotatable bonds is 4. The third-order valence-corrected chi connectivity index (χ3v) is 3.22. The minimum Gasteiger partial charge on any atom is -0.305 e. The first-order chi connectivity index (χ1) is 7.81. The van der Waals surface area contributed by atoms with E-state index in [1.807, 2.05) is 18.4 Å². The van der Waals surface area contributed by atoms with Crippen LogP contribution in [0.2, 0.25) is 0 Å². The van der Waals surface area contributed by atoms with Crippen molar-refractivity contribution in [1.29, 1.82) is 0 Å². The highest BCUT2D eigenvalue weighted by Gasteiger charge is 2.14. The van der Waals surface area contributed by atoms with Crippen molar-refractivity contribution >= 4 is 11.3 Å². The maximum atomic E-state index is 12.8. The summed E-state index contributed by atoms with van der Waals surface area (Å²) >= 11 is 1.67. The van der Waals surface area contributed by atoms with E-state index in [1.165, 1.54) is 17.1 Å². The minimum atomic E-state index is -0.301. The van der Waals surface area contributed by atoms with Crippen molar-refractivity contribution in [1.82, 2.24) is 10.3 Å². The van der Waals surface area contributed by atoms with Crippen LogP contribution < -0.4 is 5.32 Å². The Labute approximate surface area is 98.2 Å². The Balaban J connectivity index is 2.29. The van der Waals surface area contributed by atoms with Crippen LogP contribution in [0.1, 0.15) is 23.5 Å². The van der Waals surface area contributed by atoms with Crippen molar-refractivity contribution in [3.8, 4) is 0 Å². The Bertz CT molecular complexity index is 425.